The van der Waals surface area contributed by atoms with Gasteiger partial charge in [0.1, 0.15) is 5.76 Å². The first-order valence-electron chi connectivity index (χ1n) is 8.15. The van der Waals surface area contributed by atoms with Gasteiger partial charge in [-0.15, -0.1) is 0 Å². The number of H-pyrrole nitrogens is 1. The quantitative estimate of drug-likeness (QED) is 0.832. The van der Waals surface area contributed by atoms with Gasteiger partial charge in [-0.25, -0.2) is 0 Å². The molecular weight excluding hydrogens is 358 g/mol. The molecule has 1 saturated carbocycles. The Bertz CT molecular complexity index is 657. The molecule has 0 aliphatic heterocycles. The van der Waals surface area contributed by atoms with Crippen molar-refractivity contribution in [3.8, 4) is 0 Å². The Kier molecular flexibility index (Phi) is 4.90. The maximum Gasteiger partial charge on any atom is 0.276 e. The van der Waals surface area contributed by atoms with Gasteiger partial charge in [0.15, 0.2) is 5.69 Å². The largest absolute Gasteiger partial charge is 0.467 e. The van der Waals surface area contributed by atoms with Crippen LogP contribution in [0.2, 0.25) is 0 Å². The Hall–Kier alpha value is -1.56. The van der Waals surface area contributed by atoms with Crippen molar-refractivity contribution in [2.24, 2.45) is 0 Å². The number of hydrogen-bond acceptors (Lipinski definition) is 3. The van der Waals surface area contributed by atoms with Crippen molar-refractivity contribution < 1.29 is 9.21 Å². The molecule has 2 aromatic rings. The Morgan fingerprint density at radius 3 is 2.78 bits per heavy atom. The second-order valence-corrected chi connectivity index (χ2v) is 7.20. The molecule has 3 rings (SSSR count). The van der Waals surface area contributed by atoms with Crippen LogP contribution in [0.25, 0.3) is 0 Å². The number of rotatable bonds is 5. The summed E-state index contributed by atoms with van der Waals surface area (Å²) in [7, 11) is 0. The number of carbonyl (C=O) groups is 1. The van der Waals surface area contributed by atoms with Gasteiger partial charge in [0.25, 0.3) is 5.91 Å². The molecule has 1 amide bonds. The van der Waals surface area contributed by atoms with Crippen LogP contribution in [-0.4, -0.2) is 27.0 Å². The summed E-state index contributed by atoms with van der Waals surface area (Å²) < 4.78 is 6.23. The maximum atomic E-state index is 13.1. The topological polar surface area (TPSA) is 62.1 Å². The third-order valence-corrected chi connectivity index (χ3v) is 5.25. The van der Waals surface area contributed by atoms with Crippen molar-refractivity contribution in [1.82, 2.24) is 15.1 Å². The van der Waals surface area contributed by atoms with Crippen LogP contribution in [0, 0.1) is 0 Å². The molecule has 0 unspecified atom stereocenters. The maximum absolute atomic E-state index is 13.1. The minimum Gasteiger partial charge on any atom is -0.467 e. The van der Waals surface area contributed by atoms with E-state index in [1.54, 1.807) is 6.26 Å². The molecular formula is C17H22BrN3O2. The van der Waals surface area contributed by atoms with Gasteiger partial charge in [-0.05, 0) is 46.8 Å². The molecule has 6 heteroatoms. The van der Waals surface area contributed by atoms with Crippen molar-refractivity contribution in [2.45, 2.75) is 58.0 Å². The van der Waals surface area contributed by atoms with Crippen molar-refractivity contribution in [3.05, 3.63) is 40.0 Å². The Morgan fingerprint density at radius 2 is 2.22 bits per heavy atom. The lowest BCUT2D eigenvalue weighted by Crippen LogP contribution is -2.38. The standard InChI is InChI=1S/C17H22BrN3O2/c1-11(2)15-14(18)16(20-19-15)17(22)21(12-6-3-4-7-12)10-13-8-5-9-23-13/h5,8-9,11-12H,3-4,6-7,10H2,1-2H3,(H,19,20). The predicted octanol–water partition coefficient (Wildman–Crippen LogP) is 4.47. The summed E-state index contributed by atoms with van der Waals surface area (Å²) in [4.78, 5) is 15.0. The summed E-state index contributed by atoms with van der Waals surface area (Å²) >= 11 is 3.54. The van der Waals surface area contributed by atoms with Crippen molar-refractivity contribution in [1.29, 1.82) is 0 Å². The fourth-order valence-corrected chi connectivity index (χ4v) is 3.96. The molecule has 1 fully saturated rings. The molecule has 1 aliphatic carbocycles. The lowest BCUT2D eigenvalue weighted by molar-refractivity contribution is 0.0642. The highest BCUT2D eigenvalue weighted by Crippen LogP contribution is 2.30. The number of aromatic nitrogens is 2. The molecule has 2 aromatic heterocycles. The zero-order chi connectivity index (χ0) is 16.4. The molecule has 0 bridgehead atoms. The number of aromatic amines is 1. The van der Waals surface area contributed by atoms with Gasteiger partial charge in [0.2, 0.25) is 0 Å². The number of furan rings is 1. The number of hydrogen-bond donors (Lipinski definition) is 1. The molecule has 0 atom stereocenters. The monoisotopic (exact) mass is 379 g/mol. The first kappa shape index (κ1) is 16.3. The summed E-state index contributed by atoms with van der Waals surface area (Å²) in [6.07, 6.45) is 6.09. The summed E-state index contributed by atoms with van der Waals surface area (Å²) in [5.41, 5.74) is 1.42. The van der Waals surface area contributed by atoms with Crippen LogP contribution in [0.15, 0.2) is 27.3 Å². The lowest BCUT2D eigenvalue weighted by Gasteiger charge is -2.27. The van der Waals surface area contributed by atoms with E-state index < -0.39 is 0 Å². The van der Waals surface area contributed by atoms with Crippen molar-refractivity contribution >= 4 is 21.8 Å². The molecule has 5 nitrogen and oxygen atoms in total. The van der Waals surface area contributed by atoms with Crippen LogP contribution in [0.3, 0.4) is 0 Å². The van der Waals surface area contributed by atoms with Gasteiger partial charge < -0.3 is 9.32 Å². The van der Waals surface area contributed by atoms with Crippen LogP contribution in [0.1, 0.15) is 67.4 Å². The lowest BCUT2D eigenvalue weighted by atomic mass is 10.1. The zero-order valence-electron chi connectivity index (χ0n) is 13.5. The van der Waals surface area contributed by atoms with E-state index in [0.29, 0.717) is 12.2 Å². The van der Waals surface area contributed by atoms with Crippen LogP contribution in [0.4, 0.5) is 0 Å². The molecule has 0 radical (unpaired) electrons. The van der Waals surface area contributed by atoms with E-state index in [1.807, 2.05) is 17.0 Å². The molecule has 0 aromatic carbocycles. The number of carbonyl (C=O) groups excluding carboxylic acids is 1. The number of nitrogens with zero attached hydrogens (tertiary/aromatic N) is 2. The number of amides is 1. The van der Waals surface area contributed by atoms with Gasteiger partial charge in [0, 0.05) is 6.04 Å². The van der Waals surface area contributed by atoms with Crippen molar-refractivity contribution in [2.75, 3.05) is 0 Å². The summed E-state index contributed by atoms with van der Waals surface area (Å²) in [5, 5.41) is 7.26. The fourth-order valence-electron chi connectivity index (χ4n) is 3.16. The average molecular weight is 380 g/mol. The highest BCUT2D eigenvalue weighted by Gasteiger charge is 2.31. The normalized spacial score (nSPS) is 15.5. The first-order valence-corrected chi connectivity index (χ1v) is 8.94. The Labute approximate surface area is 144 Å². The minimum absolute atomic E-state index is 0.0386. The SMILES string of the molecule is CC(C)c1[nH]nc(C(=O)N(Cc2ccco2)C2CCCC2)c1Br. The second kappa shape index (κ2) is 6.91. The summed E-state index contributed by atoms with van der Waals surface area (Å²) in [6.45, 7) is 4.64. The highest BCUT2D eigenvalue weighted by atomic mass is 79.9. The molecule has 2 heterocycles. The first-order chi connectivity index (χ1) is 11.1. The molecule has 1 aliphatic rings. The predicted molar refractivity (Wildman–Crippen MR) is 91.2 cm³/mol. The van der Waals surface area contributed by atoms with Gasteiger partial charge in [-0.3, -0.25) is 9.89 Å². The Balaban J connectivity index is 1.87. The van der Waals surface area contributed by atoms with E-state index in [2.05, 4.69) is 40.0 Å². The number of halogens is 1. The number of nitrogens with one attached hydrogen (secondary N) is 1. The molecule has 1 N–H and O–H groups in total. The second-order valence-electron chi connectivity index (χ2n) is 6.41. The molecule has 23 heavy (non-hydrogen) atoms. The average Bonchev–Trinajstić information content (AvgIpc) is 3.25. The van der Waals surface area contributed by atoms with Crippen LogP contribution in [0.5, 0.6) is 0 Å². The molecule has 0 spiro atoms. The Morgan fingerprint density at radius 1 is 1.48 bits per heavy atom. The summed E-state index contributed by atoms with van der Waals surface area (Å²) in [6, 6.07) is 4.03. The van der Waals surface area contributed by atoms with Gasteiger partial charge in [0.05, 0.1) is 23.0 Å². The molecule has 124 valence electrons. The van der Waals surface area contributed by atoms with Gasteiger partial charge in [-0.1, -0.05) is 26.7 Å². The zero-order valence-corrected chi connectivity index (χ0v) is 15.1. The molecule has 0 saturated heterocycles. The van der Waals surface area contributed by atoms with E-state index in [0.717, 1.165) is 28.8 Å². The van der Waals surface area contributed by atoms with Crippen LogP contribution in [-0.2, 0) is 6.54 Å². The summed E-state index contributed by atoms with van der Waals surface area (Å²) in [5.74, 6) is 1.05. The van der Waals surface area contributed by atoms with Gasteiger partial charge >= 0.3 is 0 Å². The van der Waals surface area contributed by atoms with Crippen molar-refractivity contribution in [3.63, 3.8) is 0 Å². The van der Waals surface area contributed by atoms with E-state index in [4.69, 9.17) is 4.42 Å². The van der Waals surface area contributed by atoms with Gasteiger partial charge in [-0.2, -0.15) is 5.10 Å². The smallest absolute Gasteiger partial charge is 0.276 e. The minimum atomic E-state index is -0.0386. The third-order valence-electron chi connectivity index (χ3n) is 4.45. The fraction of sp³-hybridized carbons (Fsp3) is 0.529. The third kappa shape index (κ3) is 3.37. The van der Waals surface area contributed by atoms with E-state index >= 15 is 0 Å². The highest BCUT2D eigenvalue weighted by molar-refractivity contribution is 9.10. The van der Waals surface area contributed by atoms with Crippen LogP contribution < -0.4 is 0 Å². The van der Waals surface area contributed by atoms with E-state index in [-0.39, 0.29) is 17.9 Å². The van der Waals surface area contributed by atoms with E-state index in [1.165, 1.54) is 12.8 Å². The van der Waals surface area contributed by atoms with E-state index in [9.17, 15) is 4.79 Å². The van der Waals surface area contributed by atoms with Crippen LogP contribution >= 0.6 is 15.9 Å².